The van der Waals surface area contributed by atoms with E-state index in [4.69, 9.17) is 4.74 Å². The van der Waals surface area contributed by atoms with E-state index in [1.54, 1.807) is 7.11 Å². The number of ether oxygens (including phenoxy) is 1. The van der Waals surface area contributed by atoms with Crippen LogP contribution >= 0.6 is 0 Å². The van der Waals surface area contributed by atoms with Crippen LogP contribution in [-0.4, -0.2) is 25.2 Å². The van der Waals surface area contributed by atoms with Gasteiger partial charge in [0.1, 0.15) is 0 Å². The molecule has 17 heavy (non-hydrogen) atoms. The number of hydrogen-bond acceptors (Lipinski definition) is 3. The molecule has 0 bridgehead atoms. The highest BCUT2D eigenvalue weighted by Crippen LogP contribution is 2.18. The van der Waals surface area contributed by atoms with Gasteiger partial charge in [0, 0.05) is 32.5 Å². The molecule has 0 fully saturated rings. The molecule has 0 aliphatic carbocycles. The highest BCUT2D eigenvalue weighted by atomic mass is 16.5. The summed E-state index contributed by atoms with van der Waals surface area (Å²) in [7, 11) is 1.75. The number of nitrogens with zero attached hydrogens (tertiary/aromatic N) is 1. The second-order valence-corrected chi connectivity index (χ2v) is 5.28. The van der Waals surface area contributed by atoms with Crippen molar-refractivity contribution in [1.29, 1.82) is 0 Å². The summed E-state index contributed by atoms with van der Waals surface area (Å²) in [5.74, 6) is 0. The van der Waals surface area contributed by atoms with E-state index >= 15 is 0 Å². The SMILES string of the molecule is COCCC(C)(C)CNCc1cccc(C)n1. The van der Waals surface area contributed by atoms with Crippen LogP contribution in [0.4, 0.5) is 0 Å². The molecule has 3 nitrogen and oxygen atoms in total. The smallest absolute Gasteiger partial charge is 0.0544 e. The number of hydrogen-bond donors (Lipinski definition) is 1. The van der Waals surface area contributed by atoms with E-state index in [1.165, 1.54) is 0 Å². The fourth-order valence-corrected chi connectivity index (χ4v) is 1.69. The van der Waals surface area contributed by atoms with Gasteiger partial charge >= 0.3 is 0 Å². The van der Waals surface area contributed by atoms with Crippen LogP contribution in [-0.2, 0) is 11.3 Å². The molecule has 3 heteroatoms. The molecule has 1 heterocycles. The first kappa shape index (κ1) is 14.1. The molecule has 1 aromatic rings. The third kappa shape index (κ3) is 5.80. The molecule has 0 radical (unpaired) electrons. The zero-order chi connectivity index (χ0) is 12.7. The Balaban J connectivity index is 2.32. The summed E-state index contributed by atoms with van der Waals surface area (Å²) >= 11 is 0. The number of nitrogens with one attached hydrogen (secondary N) is 1. The molecule has 0 saturated heterocycles. The van der Waals surface area contributed by atoms with E-state index in [2.05, 4.69) is 36.3 Å². The van der Waals surface area contributed by atoms with Gasteiger partial charge in [-0.3, -0.25) is 4.98 Å². The van der Waals surface area contributed by atoms with Crippen molar-refractivity contribution in [3.63, 3.8) is 0 Å². The Bertz CT molecular complexity index is 337. The van der Waals surface area contributed by atoms with Gasteiger partial charge in [0.25, 0.3) is 0 Å². The van der Waals surface area contributed by atoms with Crippen LogP contribution in [0.2, 0.25) is 0 Å². The molecule has 0 amide bonds. The van der Waals surface area contributed by atoms with Crippen molar-refractivity contribution in [1.82, 2.24) is 10.3 Å². The van der Waals surface area contributed by atoms with Crippen LogP contribution < -0.4 is 5.32 Å². The highest BCUT2D eigenvalue weighted by Gasteiger charge is 2.16. The number of aromatic nitrogens is 1. The summed E-state index contributed by atoms with van der Waals surface area (Å²) < 4.78 is 5.12. The van der Waals surface area contributed by atoms with Crippen molar-refractivity contribution in [2.75, 3.05) is 20.3 Å². The van der Waals surface area contributed by atoms with Gasteiger partial charge in [-0.25, -0.2) is 0 Å². The van der Waals surface area contributed by atoms with Crippen molar-refractivity contribution in [3.8, 4) is 0 Å². The first-order chi connectivity index (χ1) is 8.03. The quantitative estimate of drug-likeness (QED) is 0.790. The molecular formula is C14H24N2O. The molecule has 0 atom stereocenters. The molecular weight excluding hydrogens is 212 g/mol. The Morgan fingerprint density at radius 1 is 1.35 bits per heavy atom. The minimum Gasteiger partial charge on any atom is -0.385 e. The number of methoxy groups -OCH3 is 1. The fourth-order valence-electron chi connectivity index (χ4n) is 1.69. The Kier molecular flexibility index (Phi) is 5.59. The summed E-state index contributed by atoms with van der Waals surface area (Å²) in [6.45, 7) is 9.15. The van der Waals surface area contributed by atoms with E-state index < -0.39 is 0 Å². The van der Waals surface area contributed by atoms with Crippen LogP contribution in [0, 0.1) is 12.3 Å². The Labute approximate surface area is 105 Å². The molecule has 0 aliphatic heterocycles. The standard InChI is InChI=1S/C14H24N2O/c1-12-6-5-7-13(16-12)10-15-11-14(2,3)8-9-17-4/h5-7,15H,8-11H2,1-4H3. The highest BCUT2D eigenvalue weighted by molar-refractivity contribution is 5.09. The van der Waals surface area contributed by atoms with E-state index in [0.29, 0.717) is 0 Å². The molecule has 1 rings (SSSR count). The van der Waals surface area contributed by atoms with Crippen LogP contribution in [0.5, 0.6) is 0 Å². The van der Waals surface area contributed by atoms with Gasteiger partial charge in [-0.1, -0.05) is 19.9 Å². The van der Waals surface area contributed by atoms with Gasteiger partial charge in [0.05, 0.1) is 5.69 Å². The lowest BCUT2D eigenvalue weighted by Crippen LogP contribution is -2.30. The Morgan fingerprint density at radius 3 is 2.76 bits per heavy atom. The zero-order valence-electron chi connectivity index (χ0n) is 11.4. The fraction of sp³-hybridized carbons (Fsp3) is 0.643. The second kappa shape index (κ2) is 6.72. The lowest BCUT2D eigenvalue weighted by molar-refractivity contribution is 0.150. The Morgan fingerprint density at radius 2 is 2.12 bits per heavy atom. The monoisotopic (exact) mass is 236 g/mol. The third-order valence-electron chi connectivity index (χ3n) is 2.84. The molecule has 96 valence electrons. The molecule has 1 N–H and O–H groups in total. The number of pyridine rings is 1. The minimum atomic E-state index is 0.264. The van der Waals surface area contributed by atoms with Gasteiger partial charge in [-0.2, -0.15) is 0 Å². The van der Waals surface area contributed by atoms with Gasteiger partial charge in [-0.15, -0.1) is 0 Å². The summed E-state index contributed by atoms with van der Waals surface area (Å²) in [4.78, 5) is 4.47. The van der Waals surface area contributed by atoms with Crippen LogP contribution in [0.3, 0.4) is 0 Å². The third-order valence-corrected chi connectivity index (χ3v) is 2.84. The van der Waals surface area contributed by atoms with E-state index in [0.717, 1.165) is 37.5 Å². The predicted molar refractivity (Wildman–Crippen MR) is 71.0 cm³/mol. The van der Waals surface area contributed by atoms with Crippen molar-refractivity contribution in [2.45, 2.75) is 33.7 Å². The molecule has 0 aromatic carbocycles. The average molecular weight is 236 g/mol. The van der Waals surface area contributed by atoms with E-state index in [-0.39, 0.29) is 5.41 Å². The molecule has 0 spiro atoms. The maximum absolute atomic E-state index is 5.12. The van der Waals surface area contributed by atoms with Crippen molar-refractivity contribution >= 4 is 0 Å². The van der Waals surface area contributed by atoms with Crippen LogP contribution in [0.25, 0.3) is 0 Å². The molecule has 0 saturated carbocycles. The normalized spacial score (nSPS) is 11.8. The summed E-state index contributed by atoms with van der Waals surface area (Å²) in [5.41, 5.74) is 2.44. The van der Waals surface area contributed by atoms with Crippen molar-refractivity contribution in [2.24, 2.45) is 5.41 Å². The van der Waals surface area contributed by atoms with Crippen LogP contribution in [0.15, 0.2) is 18.2 Å². The van der Waals surface area contributed by atoms with Gasteiger partial charge in [0.15, 0.2) is 0 Å². The topological polar surface area (TPSA) is 34.1 Å². The first-order valence-corrected chi connectivity index (χ1v) is 6.16. The maximum Gasteiger partial charge on any atom is 0.0544 e. The lowest BCUT2D eigenvalue weighted by atomic mass is 9.90. The molecule has 0 unspecified atom stereocenters. The lowest BCUT2D eigenvalue weighted by Gasteiger charge is -2.24. The van der Waals surface area contributed by atoms with Crippen LogP contribution in [0.1, 0.15) is 31.7 Å². The maximum atomic E-state index is 5.12. The summed E-state index contributed by atoms with van der Waals surface area (Å²) in [6.07, 6.45) is 1.07. The van der Waals surface area contributed by atoms with E-state index in [1.807, 2.05) is 13.0 Å². The van der Waals surface area contributed by atoms with Crippen molar-refractivity contribution < 1.29 is 4.74 Å². The van der Waals surface area contributed by atoms with Gasteiger partial charge < -0.3 is 10.1 Å². The van der Waals surface area contributed by atoms with E-state index in [9.17, 15) is 0 Å². The predicted octanol–water partition coefficient (Wildman–Crippen LogP) is 2.54. The molecule has 0 aliphatic rings. The summed E-state index contributed by atoms with van der Waals surface area (Å²) in [5, 5.41) is 3.46. The van der Waals surface area contributed by atoms with Gasteiger partial charge in [-0.05, 0) is 30.9 Å². The van der Waals surface area contributed by atoms with Gasteiger partial charge in [0.2, 0.25) is 0 Å². The number of aryl methyl sites for hydroxylation is 1. The molecule has 1 aromatic heterocycles. The number of rotatable bonds is 7. The second-order valence-electron chi connectivity index (χ2n) is 5.28. The Hall–Kier alpha value is -0.930. The summed E-state index contributed by atoms with van der Waals surface area (Å²) in [6, 6.07) is 6.13. The van der Waals surface area contributed by atoms with Crippen molar-refractivity contribution in [3.05, 3.63) is 29.6 Å². The average Bonchev–Trinajstić information content (AvgIpc) is 2.26. The first-order valence-electron chi connectivity index (χ1n) is 6.16. The largest absolute Gasteiger partial charge is 0.385 e. The minimum absolute atomic E-state index is 0.264. The zero-order valence-corrected chi connectivity index (χ0v) is 11.4.